The molecule has 4 heteroatoms. The number of carbonyl (C=O) groups is 1. The van der Waals surface area contributed by atoms with Crippen LogP contribution in [-0.4, -0.2) is 15.6 Å². The highest BCUT2D eigenvalue weighted by Crippen LogP contribution is 2.28. The molecule has 1 aromatic carbocycles. The molecule has 0 saturated carbocycles. The molecule has 1 heterocycles. The van der Waals surface area contributed by atoms with Crippen molar-refractivity contribution < 1.29 is 9.90 Å². The minimum Gasteiger partial charge on any atom is -0.481 e. The van der Waals surface area contributed by atoms with Crippen molar-refractivity contribution >= 4 is 28.5 Å². The van der Waals surface area contributed by atoms with Gasteiger partial charge in [-0.15, -0.1) is 0 Å². The SMILES string of the molecule is Cn1cc(CC(=O)O)c2c(Cl)cccc21. The minimum atomic E-state index is -0.845. The number of nitrogens with zero attached hydrogens (tertiary/aromatic N) is 1. The lowest BCUT2D eigenvalue weighted by molar-refractivity contribution is -0.136. The van der Waals surface area contributed by atoms with E-state index in [9.17, 15) is 4.79 Å². The van der Waals surface area contributed by atoms with Crippen LogP contribution in [0.2, 0.25) is 5.02 Å². The van der Waals surface area contributed by atoms with Crippen LogP contribution in [0, 0.1) is 0 Å². The molecule has 1 N–H and O–H groups in total. The van der Waals surface area contributed by atoms with Gasteiger partial charge >= 0.3 is 5.97 Å². The van der Waals surface area contributed by atoms with Gasteiger partial charge in [-0.05, 0) is 17.7 Å². The van der Waals surface area contributed by atoms with E-state index in [-0.39, 0.29) is 6.42 Å². The van der Waals surface area contributed by atoms with Gasteiger partial charge in [0.2, 0.25) is 0 Å². The van der Waals surface area contributed by atoms with Crippen LogP contribution < -0.4 is 0 Å². The zero-order valence-electron chi connectivity index (χ0n) is 8.20. The van der Waals surface area contributed by atoms with Crippen molar-refractivity contribution in [3.63, 3.8) is 0 Å². The third-order valence-corrected chi connectivity index (χ3v) is 2.70. The topological polar surface area (TPSA) is 42.2 Å². The number of hydrogen-bond donors (Lipinski definition) is 1. The van der Waals surface area contributed by atoms with Gasteiger partial charge in [-0.2, -0.15) is 0 Å². The Balaban J connectivity index is 2.70. The highest BCUT2D eigenvalue weighted by atomic mass is 35.5. The summed E-state index contributed by atoms with van der Waals surface area (Å²) in [5.74, 6) is -0.845. The molecule has 0 bridgehead atoms. The highest BCUT2D eigenvalue weighted by molar-refractivity contribution is 6.35. The maximum Gasteiger partial charge on any atom is 0.307 e. The summed E-state index contributed by atoms with van der Waals surface area (Å²) in [5, 5.41) is 10.2. The Morgan fingerprint density at radius 2 is 2.27 bits per heavy atom. The van der Waals surface area contributed by atoms with Gasteiger partial charge < -0.3 is 9.67 Å². The molecule has 0 saturated heterocycles. The van der Waals surface area contributed by atoms with Crippen molar-refractivity contribution in [3.8, 4) is 0 Å². The lowest BCUT2D eigenvalue weighted by atomic mass is 10.1. The molecular formula is C11H10ClNO2. The fraction of sp³-hybridized carbons (Fsp3) is 0.182. The second-order valence-corrected chi connectivity index (χ2v) is 3.88. The zero-order valence-corrected chi connectivity index (χ0v) is 8.95. The van der Waals surface area contributed by atoms with E-state index in [0.29, 0.717) is 5.02 Å². The quantitative estimate of drug-likeness (QED) is 0.850. The van der Waals surface area contributed by atoms with Gasteiger partial charge in [0.05, 0.1) is 11.4 Å². The summed E-state index contributed by atoms with van der Waals surface area (Å²) in [5.41, 5.74) is 1.71. The first-order valence-electron chi connectivity index (χ1n) is 4.54. The van der Waals surface area contributed by atoms with E-state index < -0.39 is 5.97 Å². The Hall–Kier alpha value is -1.48. The van der Waals surface area contributed by atoms with Crippen LogP contribution >= 0.6 is 11.6 Å². The monoisotopic (exact) mass is 223 g/mol. The maximum absolute atomic E-state index is 10.7. The highest BCUT2D eigenvalue weighted by Gasteiger charge is 2.11. The lowest BCUT2D eigenvalue weighted by Crippen LogP contribution is -1.99. The smallest absolute Gasteiger partial charge is 0.307 e. The summed E-state index contributed by atoms with van der Waals surface area (Å²) in [4.78, 5) is 10.7. The summed E-state index contributed by atoms with van der Waals surface area (Å²) < 4.78 is 1.89. The molecule has 0 aliphatic carbocycles. The van der Waals surface area contributed by atoms with Gasteiger partial charge in [-0.1, -0.05) is 17.7 Å². The van der Waals surface area contributed by atoms with Crippen molar-refractivity contribution in [3.05, 3.63) is 35.0 Å². The number of hydrogen-bond acceptors (Lipinski definition) is 1. The van der Waals surface area contributed by atoms with E-state index in [1.807, 2.05) is 29.9 Å². The molecule has 0 atom stereocenters. The van der Waals surface area contributed by atoms with Crippen LogP contribution in [0.25, 0.3) is 10.9 Å². The minimum absolute atomic E-state index is 0.00106. The second-order valence-electron chi connectivity index (χ2n) is 3.47. The van der Waals surface area contributed by atoms with Gasteiger partial charge in [0.25, 0.3) is 0 Å². The van der Waals surface area contributed by atoms with Crippen molar-refractivity contribution in [2.45, 2.75) is 6.42 Å². The number of aliphatic carboxylic acids is 1. The summed E-state index contributed by atoms with van der Waals surface area (Å²) in [6.07, 6.45) is 1.81. The van der Waals surface area contributed by atoms with Crippen molar-refractivity contribution in [1.82, 2.24) is 4.57 Å². The van der Waals surface area contributed by atoms with E-state index in [2.05, 4.69) is 0 Å². The Morgan fingerprint density at radius 3 is 2.93 bits per heavy atom. The van der Waals surface area contributed by atoms with Crippen LogP contribution in [-0.2, 0) is 18.3 Å². The van der Waals surface area contributed by atoms with E-state index in [1.54, 1.807) is 6.07 Å². The van der Waals surface area contributed by atoms with Gasteiger partial charge in [0.15, 0.2) is 0 Å². The van der Waals surface area contributed by atoms with E-state index >= 15 is 0 Å². The molecule has 15 heavy (non-hydrogen) atoms. The summed E-state index contributed by atoms with van der Waals surface area (Å²) in [6.45, 7) is 0. The first-order chi connectivity index (χ1) is 7.09. The van der Waals surface area contributed by atoms with Crippen molar-refractivity contribution in [2.24, 2.45) is 7.05 Å². The molecule has 0 radical (unpaired) electrons. The summed E-state index contributed by atoms with van der Waals surface area (Å²) in [7, 11) is 1.88. The molecule has 0 unspecified atom stereocenters. The standard InChI is InChI=1S/C11H10ClNO2/c1-13-6-7(5-10(14)15)11-8(12)3-2-4-9(11)13/h2-4,6H,5H2,1H3,(H,14,15). The number of halogens is 1. The molecular weight excluding hydrogens is 214 g/mol. The predicted octanol–water partition coefficient (Wildman–Crippen LogP) is 2.46. The van der Waals surface area contributed by atoms with Crippen LogP contribution in [0.15, 0.2) is 24.4 Å². The molecule has 0 amide bonds. The molecule has 0 aliphatic rings. The van der Waals surface area contributed by atoms with Crippen molar-refractivity contribution in [2.75, 3.05) is 0 Å². The van der Waals surface area contributed by atoms with Gasteiger partial charge in [-0.3, -0.25) is 4.79 Å². The Morgan fingerprint density at radius 1 is 1.53 bits per heavy atom. The number of benzene rings is 1. The third kappa shape index (κ3) is 1.70. The Kier molecular flexibility index (Phi) is 2.40. The number of aryl methyl sites for hydroxylation is 1. The normalized spacial score (nSPS) is 10.8. The zero-order chi connectivity index (χ0) is 11.0. The lowest BCUT2D eigenvalue weighted by Gasteiger charge is -1.97. The van der Waals surface area contributed by atoms with Crippen LogP contribution in [0.4, 0.5) is 0 Å². The third-order valence-electron chi connectivity index (χ3n) is 2.38. The van der Waals surface area contributed by atoms with Gasteiger partial charge in [0, 0.05) is 24.1 Å². The number of aromatic nitrogens is 1. The first-order valence-corrected chi connectivity index (χ1v) is 4.91. The Labute approximate surface area is 91.9 Å². The summed E-state index contributed by atoms with van der Waals surface area (Å²) >= 11 is 6.05. The molecule has 1 aromatic heterocycles. The molecule has 78 valence electrons. The first kappa shape index (κ1) is 10.1. The molecule has 2 aromatic rings. The molecule has 0 aliphatic heterocycles. The van der Waals surface area contributed by atoms with Crippen LogP contribution in [0.3, 0.4) is 0 Å². The molecule has 3 nitrogen and oxygen atoms in total. The number of carboxylic acids is 1. The Bertz CT molecular complexity index is 531. The number of fused-ring (bicyclic) bond motifs is 1. The number of rotatable bonds is 2. The molecule has 0 spiro atoms. The second kappa shape index (κ2) is 3.59. The average molecular weight is 224 g/mol. The largest absolute Gasteiger partial charge is 0.481 e. The average Bonchev–Trinajstić information content (AvgIpc) is 2.44. The molecule has 2 rings (SSSR count). The van der Waals surface area contributed by atoms with E-state index in [1.165, 1.54) is 0 Å². The fourth-order valence-corrected chi connectivity index (χ4v) is 2.08. The fourth-order valence-electron chi connectivity index (χ4n) is 1.79. The van der Waals surface area contributed by atoms with Crippen molar-refractivity contribution in [1.29, 1.82) is 0 Å². The predicted molar refractivity (Wildman–Crippen MR) is 59.3 cm³/mol. The maximum atomic E-state index is 10.7. The van der Waals surface area contributed by atoms with E-state index in [0.717, 1.165) is 16.5 Å². The van der Waals surface area contributed by atoms with E-state index in [4.69, 9.17) is 16.7 Å². The molecule has 0 fully saturated rings. The van der Waals surface area contributed by atoms with Crippen LogP contribution in [0.1, 0.15) is 5.56 Å². The van der Waals surface area contributed by atoms with Crippen LogP contribution in [0.5, 0.6) is 0 Å². The number of carboxylic acid groups (broad SMARTS) is 1. The summed E-state index contributed by atoms with van der Waals surface area (Å²) in [6, 6.07) is 5.55. The van der Waals surface area contributed by atoms with Gasteiger partial charge in [-0.25, -0.2) is 0 Å². The van der Waals surface area contributed by atoms with Gasteiger partial charge in [0.1, 0.15) is 0 Å².